The van der Waals surface area contributed by atoms with E-state index in [-0.39, 0.29) is 29.2 Å². The summed E-state index contributed by atoms with van der Waals surface area (Å²) < 4.78 is 38.3. The highest BCUT2D eigenvalue weighted by atomic mass is 19.4. The van der Waals surface area contributed by atoms with Crippen LogP contribution in [0, 0.1) is 26.7 Å². The smallest absolute Gasteiger partial charge is 0.339 e. The zero-order valence-corrected chi connectivity index (χ0v) is 20.2. The van der Waals surface area contributed by atoms with Gasteiger partial charge in [0.25, 0.3) is 5.91 Å². The lowest BCUT2D eigenvalue weighted by Crippen LogP contribution is -2.40. The van der Waals surface area contributed by atoms with Crippen molar-refractivity contribution in [1.82, 2.24) is 9.96 Å². The number of ketones is 1. The number of benzene rings is 2. The average molecular weight is 489 g/mol. The van der Waals surface area contributed by atoms with Crippen LogP contribution < -0.4 is 0 Å². The molecule has 0 spiro atoms. The summed E-state index contributed by atoms with van der Waals surface area (Å²) in [5.74, 6) is -0.0112. The van der Waals surface area contributed by atoms with Crippen molar-refractivity contribution in [3.63, 3.8) is 0 Å². The molecule has 2 aromatic carbocycles. The van der Waals surface area contributed by atoms with Crippen molar-refractivity contribution in [2.75, 3.05) is 13.1 Å². The fraction of sp³-hybridized carbons (Fsp3) is 0.481. The molecule has 2 aliphatic rings. The van der Waals surface area contributed by atoms with Crippen LogP contribution in [0.5, 0.6) is 0 Å². The third-order valence-corrected chi connectivity index (χ3v) is 7.36. The highest BCUT2D eigenvalue weighted by molar-refractivity contribution is 5.94. The van der Waals surface area contributed by atoms with E-state index in [4.69, 9.17) is 0 Å². The molecular weight excluding hydrogens is 457 g/mol. The zero-order chi connectivity index (χ0) is 25.5. The van der Waals surface area contributed by atoms with Gasteiger partial charge >= 0.3 is 6.18 Å². The number of alkyl halides is 3. The lowest BCUT2D eigenvalue weighted by Gasteiger charge is -2.34. The van der Waals surface area contributed by atoms with Gasteiger partial charge in [0.05, 0.1) is 5.56 Å². The van der Waals surface area contributed by atoms with Gasteiger partial charge in [0.2, 0.25) is 0 Å². The molecule has 0 radical (unpaired) electrons. The molecule has 0 aromatic heterocycles. The number of halogens is 3. The molecular formula is C27H31F3N2O3. The van der Waals surface area contributed by atoms with Crippen LogP contribution in [0.3, 0.4) is 0 Å². The number of Topliss-reactive ketones (excluding diaryl/α,β-unsaturated/α-hetero) is 1. The first-order valence-corrected chi connectivity index (χ1v) is 12.0. The van der Waals surface area contributed by atoms with Gasteiger partial charge in [-0.25, -0.2) is 0 Å². The van der Waals surface area contributed by atoms with Gasteiger partial charge in [-0.15, -0.1) is 0 Å². The second-order valence-corrected chi connectivity index (χ2v) is 9.97. The molecule has 8 heteroatoms. The number of carbonyl (C=O) groups is 2. The van der Waals surface area contributed by atoms with Crippen LogP contribution in [0.2, 0.25) is 0 Å². The van der Waals surface area contributed by atoms with E-state index < -0.39 is 17.8 Å². The maximum absolute atomic E-state index is 12.9. The summed E-state index contributed by atoms with van der Waals surface area (Å²) in [6, 6.07) is 7.44. The Balaban J connectivity index is 1.35. The maximum Gasteiger partial charge on any atom is 0.416 e. The molecule has 2 unspecified atom stereocenters. The van der Waals surface area contributed by atoms with Crippen LogP contribution in [0.4, 0.5) is 13.2 Å². The number of aryl methyl sites for hydroxylation is 3. The molecule has 1 amide bonds. The fourth-order valence-electron chi connectivity index (χ4n) is 5.64. The first kappa shape index (κ1) is 25.4. The minimum Gasteiger partial charge on any atom is -0.339 e. The molecule has 35 heavy (non-hydrogen) atoms. The molecule has 0 aliphatic carbocycles. The summed E-state index contributed by atoms with van der Waals surface area (Å²) in [5.41, 5.74) is 3.45. The first-order valence-electron chi connectivity index (χ1n) is 12.0. The summed E-state index contributed by atoms with van der Waals surface area (Å²) in [6.45, 7) is 6.93. The van der Waals surface area contributed by atoms with Gasteiger partial charge in [-0.2, -0.15) is 18.2 Å². The Kier molecular flexibility index (Phi) is 7.06. The summed E-state index contributed by atoms with van der Waals surface area (Å²) in [5, 5.41) is 12.2. The largest absolute Gasteiger partial charge is 0.416 e. The Morgan fingerprint density at radius 2 is 1.60 bits per heavy atom. The molecule has 2 aromatic rings. The standard InChI is InChI=1S/C27H31F3N2O3/c1-16-12-17(2)24(18(3)13-16)25-23(33)15-22(32(25)35)14-19-8-10-31(11-9-19)26(34)20-4-6-21(7-5-20)27(28,29)30/h4-7,12-13,19,22,25,35H,8-11,14-15H2,1-3H3. The number of hydrogen-bond donors (Lipinski definition) is 1. The van der Waals surface area contributed by atoms with Gasteiger partial charge in [0.1, 0.15) is 6.04 Å². The molecule has 5 nitrogen and oxygen atoms in total. The molecule has 2 heterocycles. The van der Waals surface area contributed by atoms with E-state index in [0.717, 1.165) is 47.2 Å². The Hall–Kier alpha value is -2.71. The molecule has 2 atom stereocenters. The third kappa shape index (κ3) is 5.28. The van der Waals surface area contributed by atoms with Gasteiger partial charge < -0.3 is 10.1 Å². The van der Waals surface area contributed by atoms with Crippen LogP contribution in [-0.2, 0) is 11.0 Å². The van der Waals surface area contributed by atoms with Crippen molar-refractivity contribution in [3.05, 3.63) is 69.8 Å². The van der Waals surface area contributed by atoms with E-state index in [1.165, 1.54) is 17.2 Å². The van der Waals surface area contributed by atoms with Crippen molar-refractivity contribution in [2.24, 2.45) is 5.92 Å². The van der Waals surface area contributed by atoms with Crippen molar-refractivity contribution in [2.45, 2.75) is 64.7 Å². The van der Waals surface area contributed by atoms with Gasteiger partial charge in [0.15, 0.2) is 5.78 Å². The second-order valence-electron chi connectivity index (χ2n) is 9.97. The number of rotatable bonds is 4. The SMILES string of the molecule is Cc1cc(C)c(C2C(=O)CC(CC3CCN(C(=O)c4ccc(C(F)(F)F)cc4)CC3)N2O)c(C)c1. The molecule has 0 saturated carbocycles. The highest BCUT2D eigenvalue weighted by Crippen LogP contribution is 2.39. The normalized spacial score (nSPS) is 22.1. The second kappa shape index (κ2) is 9.74. The number of hydrogen-bond acceptors (Lipinski definition) is 4. The molecule has 188 valence electrons. The summed E-state index contributed by atoms with van der Waals surface area (Å²) in [4.78, 5) is 27.3. The van der Waals surface area contributed by atoms with Gasteiger partial charge in [-0.05, 0) is 86.9 Å². The third-order valence-electron chi connectivity index (χ3n) is 7.36. The van der Waals surface area contributed by atoms with Crippen LogP contribution in [-0.4, -0.2) is 46.0 Å². The molecule has 2 fully saturated rings. The fourth-order valence-corrected chi connectivity index (χ4v) is 5.64. The average Bonchev–Trinajstić information content (AvgIpc) is 3.06. The van der Waals surface area contributed by atoms with E-state index in [0.29, 0.717) is 25.9 Å². The van der Waals surface area contributed by atoms with Crippen LogP contribution in [0.25, 0.3) is 0 Å². The number of carbonyl (C=O) groups excluding carboxylic acids is 2. The van der Waals surface area contributed by atoms with Gasteiger partial charge in [-0.1, -0.05) is 17.7 Å². The summed E-state index contributed by atoms with van der Waals surface area (Å²) in [7, 11) is 0. The number of nitrogens with zero attached hydrogens (tertiary/aromatic N) is 2. The van der Waals surface area contributed by atoms with Crippen molar-refractivity contribution < 1.29 is 28.0 Å². The lowest BCUT2D eigenvalue weighted by molar-refractivity contribution is -0.149. The predicted octanol–water partition coefficient (Wildman–Crippen LogP) is 5.65. The molecule has 0 bridgehead atoms. The minimum atomic E-state index is -4.43. The monoisotopic (exact) mass is 488 g/mol. The Morgan fingerprint density at radius 3 is 2.14 bits per heavy atom. The lowest BCUT2D eigenvalue weighted by atomic mass is 9.89. The molecule has 1 N–H and O–H groups in total. The number of amides is 1. The van der Waals surface area contributed by atoms with Crippen molar-refractivity contribution in [3.8, 4) is 0 Å². The Labute approximate surface area is 203 Å². The Morgan fingerprint density at radius 1 is 1.03 bits per heavy atom. The molecule has 2 aliphatic heterocycles. The Bertz CT molecular complexity index is 1080. The number of likely N-dealkylation sites (tertiary alicyclic amines) is 1. The molecule has 2 saturated heterocycles. The van der Waals surface area contributed by atoms with Crippen LogP contribution >= 0.6 is 0 Å². The van der Waals surface area contributed by atoms with Crippen molar-refractivity contribution >= 4 is 11.7 Å². The van der Waals surface area contributed by atoms with E-state index in [1.807, 2.05) is 32.9 Å². The highest BCUT2D eigenvalue weighted by Gasteiger charge is 2.43. The van der Waals surface area contributed by atoms with Crippen LogP contribution in [0.1, 0.15) is 69.9 Å². The van der Waals surface area contributed by atoms with E-state index in [1.54, 1.807) is 4.90 Å². The van der Waals surface area contributed by atoms with Gasteiger partial charge in [-0.3, -0.25) is 9.59 Å². The summed E-state index contributed by atoms with van der Waals surface area (Å²) in [6.07, 6.45) is -2.04. The van der Waals surface area contributed by atoms with Crippen LogP contribution in [0.15, 0.2) is 36.4 Å². The molecule has 4 rings (SSSR count). The quantitative estimate of drug-likeness (QED) is 0.605. The number of piperidine rings is 1. The van der Waals surface area contributed by atoms with E-state index >= 15 is 0 Å². The minimum absolute atomic E-state index is 0.0162. The maximum atomic E-state index is 12.9. The number of hydroxylamine groups is 2. The van der Waals surface area contributed by atoms with Gasteiger partial charge in [0, 0.05) is 31.1 Å². The van der Waals surface area contributed by atoms with Crippen molar-refractivity contribution in [1.29, 1.82) is 0 Å². The zero-order valence-electron chi connectivity index (χ0n) is 20.2. The van der Waals surface area contributed by atoms with E-state index in [2.05, 4.69) is 0 Å². The van der Waals surface area contributed by atoms with E-state index in [9.17, 15) is 28.0 Å². The summed E-state index contributed by atoms with van der Waals surface area (Å²) >= 11 is 0. The first-order chi connectivity index (χ1) is 16.5. The predicted molar refractivity (Wildman–Crippen MR) is 125 cm³/mol. The topological polar surface area (TPSA) is 60.9 Å².